The van der Waals surface area contributed by atoms with Crippen molar-refractivity contribution in [3.8, 4) is 11.3 Å². The standard InChI is InChI=1S/C23H24F3N3O/c1-2-19(27)23(30)28-11-12-7-14(8-12)20-17-9-16(25)10-18(26)22(17)29-21(20)13-3-5-15(24)6-4-13/h3-6,9-10,12,14,19,29H,2,7-8,11,27H2,1H3,(H,28,30)/t12?,14?,19-/m1/s1. The number of hydrogen-bond acceptors (Lipinski definition) is 2. The van der Waals surface area contributed by atoms with E-state index in [1.807, 2.05) is 6.92 Å². The average Bonchev–Trinajstić information content (AvgIpc) is 3.06. The molecule has 0 saturated heterocycles. The lowest BCUT2D eigenvalue weighted by Gasteiger charge is -2.36. The minimum absolute atomic E-state index is 0.0850. The fourth-order valence-electron chi connectivity index (χ4n) is 4.21. The summed E-state index contributed by atoms with van der Waals surface area (Å²) in [7, 11) is 0. The number of aromatic amines is 1. The molecule has 2 aromatic carbocycles. The van der Waals surface area contributed by atoms with Crippen LogP contribution in [0.3, 0.4) is 0 Å². The molecule has 0 spiro atoms. The highest BCUT2D eigenvalue weighted by Gasteiger charge is 2.35. The number of aromatic nitrogens is 1. The van der Waals surface area contributed by atoms with Crippen LogP contribution in [0.4, 0.5) is 13.2 Å². The molecule has 0 aliphatic heterocycles. The average molecular weight is 415 g/mol. The second-order valence-corrected chi connectivity index (χ2v) is 8.02. The van der Waals surface area contributed by atoms with Gasteiger partial charge in [-0.3, -0.25) is 4.79 Å². The van der Waals surface area contributed by atoms with Gasteiger partial charge in [0.25, 0.3) is 0 Å². The van der Waals surface area contributed by atoms with Crippen molar-refractivity contribution in [3.63, 3.8) is 0 Å². The molecule has 4 N–H and O–H groups in total. The Labute approximate surface area is 172 Å². The summed E-state index contributed by atoms with van der Waals surface area (Å²) in [5, 5.41) is 3.38. The van der Waals surface area contributed by atoms with E-state index < -0.39 is 17.7 Å². The molecule has 1 aliphatic rings. The third kappa shape index (κ3) is 3.81. The first kappa shape index (κ1) is 20.5. The van der Waals surface area contributed by atoms with Crippen LogP contribution in [0.15, 0.2) is 36.4 Å². The van der Waals surface area contributed by atoms with Gasteiger partial charge in [-0.05, 0) is 72.6 Å². The normalized spacial score (nSPS) is 19.5. The number of halogens is 3. The fourth-order valence-corrected chi connectivity index (χ4v) is 4.21. The first-order chi connectivity index (χ1) is 14.4. The SMILES string of the molecule is CC[C@@H](N)C(=O)NCC1CC(c2c(-c3ccc(F)cc3)[nH]c3c(F)cc(F)cc23)C1. The number of rotatable bonds is 6. The number of nitrogens with one attached hydrogen (secondary N) is 2. The number of benzene rings is 2. The lowest BCUT2D eigenvalue weighted by atomic mass is 9.70. The predicted molar refractivity (Wildman–Crippen MR) is 110 cm³/mol. The number of carbonyl (C=O) groups is 1. The largest absolute Gasteiger partial charge is 0.354 e. The van der Waals surface area contributed by atoms with Crippen molar-refractivity contribution in [3.05, 3.63) is 59.4 Å². The van der Waals surface area contributed by atoms with Gasteiger partial charge < -0.3 is 16.0 Å². The Morgan fingerprint density at radius 2 is 1.87 bits per heavy atom. The highest BCUT2D eigenvalue weighted by atomic mass is 19.1. The summed E-state index contributed by atoms with van der Waals surface area (Å²) in [5.74, 6) is -1.46. The Kier molecular flexibility index (Phi) is 5.56. The van der Waals surface area contributed by atoms with Gasteiger partial charge >= 0.3 is 0 Å². The van der Waals surface area contributed by atoms with E-state index in [0.717, 1.165) is 24.5 Å². The maximum atomic E-state index is 14.4. The Hall–Kier alpha value is -2.80. The minimum Gasteiger partial charge on any atom is -0.354 e. The van der Waals surface area contributed by atoms with Crippen LogP contribution in [0.2, 0.25) is 0 Å². The lowest BCUT2D eigenvalue weighted by molar-refractivity contribution is -0.122. The molecule has 4 rings (SSSR count). The van der Waals surface area contributed by atoms with Crippen molar-refractivity contribution in [2.24, 2.45) is 11.7 Å². The Morgan fingerprint density at radius 3 is 2.53 bits per heavy atom. The van der Waals surface area contributed by atoms with Crippen LogP contribution in [0.5, 0.6) is 0 Å². The summed E-state index contributed by atoms with van der Waals surface area (Å²) in [6.07, 6.45) is 2.13. The zero-order chi connectivity index (χ0) is 21.4. The Balaban J connectivity index is 1.61. The molecule has 3 aromatic rings. The number of carbonyl (C=O) groups excluding carboxylic acids is 1. The van der Waals surface area contributed by atoms with E-state index in [1.54, 1.807) is 12.1 Å². The molecule has 1 aromatic heterocycles. The van der Waals surface area contributed by atoms with Gasteiger partial charge in [-0.15, -0.1) is 0 Å². The van der Waals surface area contributed by atoms with Crippen molar-refractivity contribution in [2.75, 3.05) is 6.54 Å². The highest BCUT2D eigenvalue weighted by Crippen LogP contribution is 2.48. The summed E-state index contributed by atoms with van der Waals surface area (Å²) in [6, 6.07) is 7.63. The summed E-state index contributed by atoms with van der Waals surface area (Å²) < 4.78 is 41.8. The maximum absolute atomic E-state index is 14.4. The maximum Gasteiger partial charge on any atom is 0.236 e. The molecule has 1 fully saturated rings. The van der Waals surface area contributed by atoms with Crippen molar-refractivity contribution < 1.29 is 18.0 Å². The van der Waals surface area contributed by atoms with Crippen LogP contribution in [0.25, 0.3) is 22.2 Å². The molecule has 0 bridgehead atoms. The van der Waals surface area contributed by atoms with Crippen LogP contribution in [0.1, 0.15) is 37.7 Å². The molecule has 1 amide bonds. The predicted octanol–water partition coefficient (Wildman–Crippen LogP) is 4.60. The number of amides is 1. The van der Waals surface area contributed by atoms with Crippen molar-refractivity contribution in [1.82, 2.24) is 10.3 Å². The highest BCUT2D eigenvalue weighted by molar-refractivity contribution is 5.92. The number of H-pyrrole nitrogens is 1. The summed E-state index contributed by atoms with van der Waals surface area (Å²) in [6.45, 7) is 2.38. The second kappa shape index (κ2) is 8.14. The summed E-state index contributed by atoms with van der Waals surface area (Å²) in [5.41, 5.74) is 8.21. The topological polar surface area (TPSA) is 70.9 Å². The molecule has 158 valence electrons. The molecule has 30 heavy (non-hydrogen) atoms. The van der Waals surface area contributed by atoms with Crippen molar-refractivity contribution >= 4 is 16.8 Å². The van der Waals surface area contributed by atoms with Gasteiger partial charge in [0.15, 0.2) is 0 Å². The molecule has 7 heteroatoms. The van der Waals surface area contributed by atoms with Crippen LogP contribution >= 0.6 is 0 Å². The molecule has 1 atom stereocenters. The van der Waals surface area contributed by atoms with E-state index in [4.69, 9.17) is 5.73 Å². The smallest absolute Gasteiger partial charge is 0.236 e. The number of nitrogens with two attached hydrogens (primary N) is 1. The van der Waals surface area contributed by atoms with E-state index in [9.17, 15) is 18.0 Å². The first-order valence-corrected chi connectivity index (χ1v) is 10.2. The van der Waals surface area contributed by atoms with Gasteiger partial charge in [-0.25, -0.2) is 13.2 Å². The zero-order valence-electron chi connectivity index (χ0n) is 16.6. The van der Waals surface area contributed by atoms with Gasteiger partial charge in [0.1, 0.15) is 17.5 Å². The van der Waals surface area contributed by atoms with E-state index in [2.05, 4.69) is 10.3 Å². The van der Waals surface area contributed by atoms with E-state index in [-0.39, 0.29) is 29.1 Å². The molecule has 1 heterocycles. The van der Waals surface area contributed by atoms with Gasteiger partial charge in [0, 0.05) is 18.0 Å². The molecule has 1 saturated carbocycles. The third-order valence-corrected chi connectivity index (χ3v) is 5.98. The summed E-state index contributed by atoms with van der Waals surface area (Å²) in [4.78, 5) is 15.0. The number of hydrogen-bond donors (Lipinski definition) is 3. The van der Waals surface area contributed by atoms with Crippen molar-refractivity contribution in [1.29, 1.82) is 0 Å². The van der Waals surface area contributed by atoms with Crippen molar-refractivity contribution in [2.45, 2.75) is 38.1 Å². The fraction of sp³-hybridized carbons (Fsp3) is 0.348. The van der Waals surface area contributed by atoms with Crippen LogP contribution in [0, 0.1) is 23.4 Å². The summed E-state index contributed by atoms with van der Waals surface area (Å²) >= 11 is 0. The van der Waals surface area contributed by atoms with E-state index in [0.29, 0.717) is 29.6 Å². The van der Waals surface area contributed by atoms with Gasteiger partial charge in [0.2, 0.25) is 5.91 Å². The Morgan fingerprint density at radius 1 is 1.17 bits per heavy atom. The molecule has 0 unspecified atom stereocenters. The van der Waals surface area contributed by atoms with Gasteiger partial charge in [-0.2, -0.15) is 0 Å². The molecular formula is C23H24F3N3O. The van der Waals surface area contributed by atoms with Gasteiger partial charge in [-0.1, -0.05) is 6.92 Å². The van der Waals surface area contributed by atoms with Crippen LogP contribution in [-0.2, 0) is 4.79 Å². The zero-order valence-corrected chi connectivity index (χ0v) is 16.6. The molecule has 0 radical (unpaired) electrons. The number of fused-ring (bicyclic) bond motifs is 1. The third-order valence-electron chi connectivity index (χ3n) is 5.98. The van der Waals surface area contributed by atoms with E-state index in [1.165, 1.54) is 18.2 Å². The monoisotopic (exact) mass is 415 g/mol. The minimum atomic E-state index is -0.656. The quantitative estimate of drug-likeness (QED) is 0.551. The molecule has 4 nitrogen and oxygen atoms in total. The molecule has 1 aliphatic carbocycles. The first-order valence-electron chi connectivity index (χ1n) is 10.2. The van der Waals surface area contributed by atoms with E-state index >= 15 is 0 Å². The molecular weight excluding hydrogens is 391 g/mol. The van der Waals surface area contributed by atoms with Crippen LogP contribution in [-0.4, -0.2) is 23.5 Å². The Bertz CT molecular complexity index is 1070. The van der Waals surface area contributed by atoms with Gasteiger partial charge in [0.05, 0.1) is 17.3 Å². The van der Waals surface area contributed by atoms with Crippen LogP contribution < -0.4 is 11.1 Å². The lowest BCUT2D eigenvalue weighted by Crippen LogP contribution is -2.43. The second-order valence-electron chi connectivity index (χ2n) is 8.02.